The highest BCUT2D eigenvalue weighted by Gasteiger charge is 2.18. The summed E-state index contributed by atoms with van der Waals surface area (Å²) in [7, 11) is 0.316. The fourth-order valence-electron chi connectivity index (χ4n) is 2.12. The standard InChI is InChI=1S/C17H28N2O2S.ClH/c1-12-7-6-8-13(2)16(12)21-11-14(3)19-17(20)15(18)9-10-22(4)5;/h6-8,14-15H,9-11,18H2,1-5H3;1H/t14?,15-;/m0./s1. The predicted molar refractivity (Wildman–Crippen MR) is 95.7 cm³/mol. The highest BCUT2D eigenvalue weighted by Crippen LogP contribution is 2.22. The van der Waals surface area contributed by atoms with E-state index in [4.69, 9.17) is 10.5 Å². The Morgan fingerprint density at radius 2 is 1.87 bits per heavy atom. The second-order valence-corrected chi connectivity index (χ2v) is 8.41. The summed E-state index contributed by atoms with van der Waals surface area (Å²) in [5.41, 5.74) is 8.13. The van der Waals surface area contributed by atoms with Crippen molar-refractivity contribution in [2.45, 2.75) is 39.3 Å². The van der Waals surface area contributed by atoms with Crippen LogP contribution in [0.2, 0.25) is 0 Å². The lowest BCUT2D eigenvalue weighted by atomic mass is 10.1. The van der Waals surface area contributed by atoms with Gasteiger partial charge in [0.1, 0.15) is 18.1 Å². The van der Waals surface area contributed by atoms with Crippen LogP contribution in [0, 0.1) is 13.8 Å². The lowest BCUT2D eigenvalue weighted by Crippen LogP contribution is -3.00. The molecule has 132 valence electrons. The molecule has 1 unspecified atom stereocenters. The van der Waals surface area contributed by atoms with Gasteiger partial charge >= 0.3 is 0 Å². The van der Waals surface area contributed by atoms with Crippen molar-refractivity contribution in [1.82, 2.24) is 5.32 Å². The van der Waals surface area contributed by atoms with Crippen molar-refractivity contribution in [3.05, 3.63) is 29.3 Å². The Hall–Kier alpha value is -0.910. The van der Waals surface area contributed by atoms with Gasteiger partial charge in [-0.1, -0.05) is 18.2 Å². The molecule has 0 spiro atoms. The van der Waals surface area contributed by atoms with E-state index in [9.17, 15) is 4.79 Å². The maximum atomic E-state index is 12.0. The summed E-state index contributed by atoms with van der Waals surface area (Å²) in [6, 6.07) is 5.55. The molecule has 1 aromatic carbocycles. The molecule has 0 fully saturated rings. The number of benzene rings is 1. The van der Waals surface area contributed by atoms with Gasteiger partial charge in [-0.15, -0.1) is 0 Å². The van der Waals surface area contributed by atoms with E-state index in [0.717, 1.165) is 29.1 Å². The first-order valence-electron chi connectivity index (χ1n) is 7.60. The molecule has 0 saturated carbocycles. The Morgan fingerprint density at radius 3 is 2.39 bits per heavy atom. The lowest BCUT2D eigenvalue weighted by molar-refractivity contribution is -0.123. The van der Waals surface area contributed by atoms with Gasteiger partial charge in [-0.3, -0.25) is 4.79 Å². The number of para-hydroxylation sites is 1. The third-order valence-corrected chi connectivity index (χ3v) is 4.50. The molecular formula is C17H29ClN2O2S. The van der Waals surface area contributed by atoms with Crippen molar-refractivity contribution < 1.29 is 21.9 Å². The molecule has 4 nitrogen and oxygen atoms in total. The molecule has 0 radical (unpaired) electrons. The molecule has 0 aliphatic heterocycles. The van der Waals surface area contributed by atoms with Crippen LogP contribution in [0.25, 0.3) is 0 Å². The van der Waals surface area contributed by atoms with Gasteiger partial charge in [0.2, 0.25) is 5.91 Å². The third kappa shape index (κ3) is 7.95. The zero-order valence-corrected chi connectivity index (χ0v) is 16.3. The van der Waals surface area contributed by atoms with E-state index in [0.29, 0.717) is 17.5 Å². The van der Waals surface area contributed by atoms with E-state index < -0.39 is 6.04 Å². The topological polar surface area (TPSA) is 64.3 Å². The number of amides is 1. The normalized spacial score (nSPS) is 13.2. The maximum absolute atomic E-state index is 12.0. The van der Waals surface area contributed by atoms with Gasteiger partial charge < -0.3 is 28.2 Å². The van der Waals surface area contributed by atoms with Crippen LogP contribution in [0.1, 0.15) is 24.5 Å². The summed E-state index contributed by atoms with van der Waals surface area (Å²) < 4.78 is 5.85. The van der Waals surface area contributed by atoms with Gasteiger partial charge in [-0.2, -0.15) is 0 Å². The van der Waals surface area contributed by atoms with Crippen LogP contribution < -0.4 is 28.2 Å². The smallest absolute Gasteiger partial charge is 0.237 e. The molecule has 1 rings (SSSR count). The monoisotopic (exact) mass is 360 g/mol. The van der Waals surface area contributed by atoms with E-state index in [1.165, 1.54) is 0 Å². The fraction of sp³-hybridized carbons (Fsp3) is 0.588. The number of nitrogens with two attached hydrogens (primary N) is 1. The molecule has 0 heterocycles. The third-order valence-electron chi connectivity index (χ3n) is 3.45. The van der Waals surface area contributed by atoms with E-state index in [1.54, 1.807) is 0 Å². The molecule has 0 aliphatic carbocycles. The Morgan fingerprint density at radius 1 is 1.30 bits per heavy atom. The first kappa shape index (κ1) is 22.1. The molecule has 0 aromatic heterocycles. The van der Waals surface area contributed by atoms with Crippen LogP contribution in [-0.2, 0) is 15.7 Å². The Labute approximate surface area is 149 Å². The quantitative estimate of drug-likeness (QED) is 0.572. The molecule has 23 heavy (non-hydrogen) atoms. The minimum Gasteiger partial charge on any atom is -1.00 e. The van der Waals surface area contributed by atoms with Crippen LogP contribution in [0.3, 0.4) is 0 Å². The summed E-state index contributed by atoms with van der Waals surface area (Å²) in [4.78, 5) is 12.0. The zero-order valence-electron chi connectivity index (χ0n) is 14.7. The Bertz CT molecular complexity index is 477. The van der Waals surface area contributed by atoms with Gasteiger partial charge in [0, 0.05) is 6.42 Å². The lowest BCUT2D eigenvalue weighted by Gasteiger charge is -2.19. The highest BCUT2D eigenvalue weighted by atomic mass is 35.5. The van der Waals surface area contributed by atoms with E-state index in [2.05, 4.69) is 17.8 Å². The van der Waals surface area contributed by atoms with E-state index in [-0.39, 0.29) is 24.4 Å². The summed E-state index contributed by atoms with van der Waals surface area (Å²) in [5.74, 6) is 1.79. The molecule has 0 aliphatic rings. The number of hydrogen-bond donors (Lipinski definition) is 2. The Balaban J connectivity index is 0.00000484. The number of hydrogen-bond acceptors (Lipinski definition) is 3. The maximum Gasteiger partial charge on any atom is 0.237 e. The Kier molecular flexibility index (Phi) is 10.4. The van der Waals surface area contributed by atoms with Crippen molar-refractivity contribution >= 4 is 16.8 Å². The van der Waals surface area contributed by atoms with Gasteiger partial charge in [0.15, 0.2) is 0 Å². The second kappa shape index (κ2) is 10.8. The van der Waals surface area contributed by atoms with Gasteiger partial charge in [0.25, 0.3) is 0 Å². The zero-order chi connectivity index (χ0) is 16.7. The van der Waals surface area contributed by atoms with E-state index >= 15 is 0 Å². The molecule has 0 bridgehead atoms. The summed E-state index contributed by atoms with van der Waals surface area (Å²) in [6.07, 6.45) is 5.05. The minimum absolute atomic E-state index is 0. The van der Waals surface area contributed by atoms with Crippen LogP contribution in [-0.4, -0.2) is 42.9 Å². The molecule has 1 amide bonds. The molecule has 0 saturated heterocycles. The second-order valence-electron chi connectivity index (χ2n) is 6.03. The average Bonchev–Trinajstić information content (AvgIpc) is 2.44. The first-order chi connectivity index (χ1) is 10.3. The van der Waals surface area contributed by atoms with Gasteiger partial charge in [-0.25, -0.2) is 0 Å². The highest BCUT2D eigenvalue weighted by molar-refractivity contribution is 7.95. The number of ether oxygens (including phenoxy) is 1. The van der Waals surface area contributed by atoms with Crippen molar-refractivity contribution in [3.8, 4) is 5.75 Å². The van der Waals surface area contributed by atoms with E-state index in [1.807, 2.05) is 39.0 Å². The number of nitrogens with one attached hydrogen (secondary N) is 1. The van der Waals surface area contributed by atoms with Crippen LogP contribution in [0.4, 0.5) is 0 Å². The molecular weight excluding hydrogens is 332 g/mol. The van der Waals surface area contributed by atoms with Crippen molar-refractivity contribution in [2.24, 2.45) is 5.73 Å². The largest absolute Gasteiger partial charge is 1.00 e. The van der Waals surface area contributed by atoms with Gasteiger partial charge in [0.05, 0.1) is 24.6 Å². The first-order valence-corrected chi connectivity index (χ1v) is 9.81. The van der Waals surface area contributed by atoms with Gasteiger partial charge in [-0.05, 0) is 42.8 Å². The number of aryl methyl sites for hydroxylation is 2. The van der Waals surface area contributed by atoms with Crippen LogP contribution >= 0.6 is 0 Å². The molecule has 3 N–H and O–H groups in total. The van der Waals surface area contributed by atoms with Crippen LogP contribution in [0.5, 0.6) is 5.75 Å². The number of carbonyl (C=O) groups excluding carboxylic acids is 1. The van der Waals surface area contributed by atoms with Crippen molar-refractivity contribution in [1.29, 1.82) is 0 Å². The summed E-state index contributed by atoms with van der Waals surface area (Å²) >= 11 is 0. The molecule has 1 aromatic rings. The number of halogens is 1. The summed E-state index contributed by atoms with van der Waals surface area (Å²) in [6.45, 7) is 6.42. The minimum atomic E-state index is -0.433. The fourth-order valence-corrected chi connectivity index (χ4v) is 2.85. The predicted octanol–water partition coefficient (Wildman–Crippen LogP) is -1.21. The van der Waals surface area contributed by atoms with Crippen molar-refractivity contribution in [2.75, 3.05) is 24.9 Å². The average molecular weight is 361 g/mol. The number of rotatable bonds is 8. The molecule has 2 atom stereocenters. The summed E-state index contributed by atoms with van der Waals surface area (Å²) in [5, 5.41) is 2.93. The SMILES string of the molecule is Cc1cccc(C)c1OCC(C)NC(=O)[C@@H](N)CC[S+](C)C.[Cl-]. The molecule has 6 heteroatoms. The van der Waals surface area contributed by atoms with Crippen LogP contribution in [0.15, 0.2) is 18.2 Å². The number of carbonyl (C=O) groups is 1. The van der Waals surface area contributed by atoms with Crippen molar-refractivity contribution in [3.63, 3.8) is 0 Å².